The van der Waals surface area contributed by atoms with E-state index in [9.17, 15) is 4.79 Å². The third kappa shape index (κ3) is 6.45. The number of thiazole rings is 1. The topological polar surface area (TPSA) is 79.0 Å². The monoisotopic (exact) mass is 610 g/mol. The van der Waals surface area contributed by atoms with Crippen LogP contribution in [-0.4, -0.2) is 29.7 Å². The van der Waals surface area contributed by atoms with Gasteiger partial charge in [-0.2, -0.15) is 0 Å². The van der Waals surface area contributed by atoms with Crippen LogP contribution in [0.4, 0.5) is 5.82 Å². The van der Waals surface area contributed by atoms with Crippen molar-refractivity contribution in [1.82, 2.24) is 15.3 Å². The maximum absolute atomic E-state index is 12.1. The van der Waals surface area contributed by atoms with E-state index < -0.39 is 0 Å². The van der Waals surface area contributed by atoms with Crippen molar-refractivity contribution in [2.24, 2.45) is 0 Å². The Morgan fingerprint density at radius 3 is 2.88 bits per heavy atom. The number of hydrogen-bond acceptors (Lipinski definition) is 7. The molecule has 0 atom stereocenters. The third-order valence-electron chi connectivity index (χ3n) is 5.10. The van der Waals surface area contributed by atoms with Crippen LogP contribution in [-0.2, 0) is 13.0 Å². The first-order valence-corrected chi connectivity index (χ1v) is 13.9. The van der Waals surface area contributed by atoms with Crippen LogP contribution in [0.15, 0.2) is 48.9 Å². The Morgan fingerprint density at radius 1 is 1.18 bits per heavy atom. The molecular formula is C23H24Br2N4O2S2. The van der Waals surface area contributed by atoms with Crippen LogP contribution in [0.25, 0.3) is 10.2 Å². The fraction of sp³-hybridized carbons (Fsp3) is 0.304. The van der Waals surface area contributed by atoms with Crippen molar-refractivity contribution in [2.45, 2.75) is 26.3 Å². The minimum absolute atomic E-state index is 0.0534. The van der Waals surface area contributed by atoms with Crippen molar-refractivity contribution in [3.63, 3.8) is 0 Å². The summed E-state index contributed by atoms with van der Waals surface area (Å²) in [6.45, 7) is 4.93. The van der Waals surface area contributed by atoms with Crippen LogP contribution < -0.4 is 20.8 Å². The fourth-order valence-corrected chi connectivity index (χ4v) is 6.40. The number of H-pyrrole nitrogens is 1. The molecule has 33 heavy (non-hydrogen) atoms. The Hall–Kier alpha value is -1.72. The van der Waals surface area contributed by atoms with Gasteiger partial charge in [-0.25, -0.2) is 4.98 Å². The van der Waals surface area contributed by atoms with Crippen molar-refractivity contribution in [3.05, 3.63) is 70.5 Å². The molecule has 0 radical (unpaired) electrons. The van der Waals surface area contributed by atoms with E-state index in [0.29, 0.717) is 13.2 Å². The van der Waals surface area contributed by atoms with Crippen LogP contribution in [0, 0.1) is 6.92 Å². The number of ether oxygens (including phenoxy) is 1. The van der Waals surface area contributed by atoms with E-state index in [-0.39, 0.29) is 5.43 Å². The van der Waals surface area contributed by atoms with Crippen LogP contribution in [0.3, 0.4) is 0 Å². The molecule has 1 aromatic carbocycles. The first-order chi connectivity index (χ1) is 16.0. The van der Waals surface area contributed by atoms with E-state index in [1.54, 1.807) is 17.4 Å². The summed E-state index contributed by atoms with van der Waals surface area (Å²) in [5.41, 5.74) is 4.98. The smallest absolute Gasteiger partial charge is 0.201 e. The molecule has 3 aromatic heterocycles. The molecule has 0 aliphatic carbocycles. The second kappa shape index (κ2) is 11.6. The molecule has 0 aliphatic heterocycles. The van der Waals surface area contributed by atoms with Gasteiger partial charge in [-0.3, -0.25) is 4.79 Å². The summed E-state index contributed by atoms with van der Waals surface area (Å²) >= 11 is 10.3. The second-order valence-corrected chi connectivity index (χ2v) is 11.1. The third-order valence-corrected chi connectivity index (χ3v) is 8.07. The summed E-state index contributed by atoms with van der Waals surface area (Å²) in [6, 6.07) is 7.65. The van der Waals surface area contributed by atoms with Gasteiger partial charge in [0.2, 0.25) is 5.43 Å². The number of nitrogens with one attached hydrogen (secondary N) is 3. The molecular weight excluding hydrogens is 588 g/mol. The summed E-state index contributed by atoms with van der Waals surface area (Å²) in [4.78, 5) is 20.9. The van der Waals surface area contributed by atoms with E-state index in [2.05, 4.69) is 58.5 Å². The van der Waals surface area contributed by atoms with Crippen molar-refractivity contribution in [2.75, 3.05) is 25.0 Å². The van der Waals surface area contributed by atoms with Gasteiger partial charge in [0.15, 0.2) is 0 Å². The average molecular weight is 612 g/mol. The Labute approximate surface area is 217 Å². The first-order valence-electron chi connectivity index (χ1n) is 10.6. The molecule has 174 valence electrons. The number of halogens is 2. The highest BCUT2D eigenvalue weighted by molar-refractivity contribution is 9.11. The van der Waals surface area contributed by atoms with Gasteiger partial charge < -0.3 is 20.4 Å². The molecule has 3 N–H and O–H groups in total. The van der Waals surface area contributed by atoms with E-state index in [0.717, 1.165) is 67.9 Å². The Kier molecular flexibility index (Phi) is 8.59. The van der Waals surface area contributed by atoms with Gasteiger partial charge in [0.25, 0.3) is 0 Å². The standard InChI is InChI=1S/C23H24Br2N4O2S2/c1-14-20(33-13-28-14)3-7-31-22-15(9-16(24)10-17(22)25)12-26-5-2-6-27-21-11-19(30)23-18(29-21)4-8-32-23/h4,8-11,13,26H,2-3,5-7,12H2,1H3,(H2,27,29,30). The van der Waals surface area contributed by atoms with E-state index in [4.69, 9.17) is 4.74 Å². The van der Waals surface area contributed by atoms with Crippen molar-refractivity contribution >= 4 is 70.6 Å². The van der Waals surface area contributed by atoms with Crippen molar-refractivity contribution in [3.8, 4) is 5.75 Å². The zero-order valence-corrected chi connectivity index (χ0v) is 22.8. The summed E-state index contributed by atoms with van der Waals surface area (Å²) in [6.07, 6.45) is 1.76. The van der Waals surface area contributed by atoms with Gasteiger partial charge in [-0.1, -0.05) is 15.9 Å². The van der Waals surface area contributed by atoms with Crippen molar-refractivity contribution in [1.29, 1.82) is 0 Å². The van der Waals surface area contributed by atoms with Gasteiger partial charge in [-0.15, -0.1) is 22.7 Å². The molecule has 3 heterocycles. The Balaban J connectivity index is 1.25. The predicted octanol–water partition coefficient (Wildman–Crippen LogP) is 6.09. The predicted molar refractivity (Wildman–Crippen MR) is 145 cm³/mol. The van der Waals surface area contributed by atoms with Crippen molar-refractivity contribution < 1.29 is 4.74 Å². The number of aryl methyl sites for hydroxylation is 1. The highest BCUT2D eigenvalue weighted by Gasteiger charge is 2.11. The normalized spacial score (nSPS) is 11.2. The molecule has 0 fully saturated rings. The number of rotatable bonds is 11. The van der Waals surface area contributed by atoms with E-state index in [1.807, 2.05) is 29.9 Å². The van der Waals surface area contributed by atoms with Crippen LogP contribution >= 0.6 is 54.5 Å². The number of aromatic amines is 1. The highest BCUT2D eigenvalue weighted by Crippen LogP contribution is 2.33. The Morgan fingerprint density at radius 2 is 2.06 bits per heavy atom. The summed E-state index contributed by atoms with van der Waals surface area (Å²) in [5.74, 6) is 1.63. The second-order valence-electron chi connectivity index (χ2n) is 7.50. The lowest BCUT2D eigenvalue weighted by Crippen LogP contribution is -2.19. The summed E-state index contributed by atoms with van der Waals surface area (Å²) < 4.78 is 8.86. The molecule has 4 aromatic rings. The van der Waals surface area contributed by atoms with Gasteiger partial charge in [0.05, 0.1) is 32.5 Å². The number of anilines is 1. The number of fused-ring (bicyclic) bond motifs is 1. The number of nitrogens with zero attached hydrogens (tertiary/aromatic N) is 1. The lowest BCUT2D eigenvalue weighted by molar-refractivity contribution is 0.316. The molecule has 6 nitrogen and oxygen atoms in total. The van der Waals surface area contributed by atoms with Gasteiger partial charge >= 0.3 is 0 Å². The quantitative estimate of drug-likeness (QED) is 0.179. The largest absolute Gasteiger partial charge is 0.492 e. The number of hydrogen-bond donors (Lipinski definition) is 3. The minimum Gasteiger partial charge on any atom is -0.492 e. The lowest BCUT2D eigenvalue weighted by atomic mass is 10.2. The van der Waals surface area contributed by atoms with Gasteiger partial charge in [0, 0.05) is 40.5 Å². The van der Waals surface area contributed by atoms with Crippen LogP contribution in [0.1, 0.15) is 22.6 Å². The number of benzene rings is 1. The molecule has 0 saturated carbocycles. The number of thiophene rings is 1. The van der Waals surface area contributed by atoms with E-state index in [1.165, 1.54) is 16.2 Å². The number of aromatic nitrogens is 2. The molecule has 10 heteroatoms. The summed E-state index contributed by atoms with van der Waals surface area (Å²) in [5, 5.41) is 8.73. The Bertz CT molecular complexity index is 1290. The molecule has 4 rings (SSSR count). The molecule has 0 aliphatic rings. The molecule has 0 unspecified atom stereocenters. The highest BCUT2D eigenvalue weighted by atomic mass is 79.9. The molecule has 0 bridgehead atoms. The zero-order chi connectivity index (χ0) is 23.2. The van der Waals surface area contributed by atoms with E-state index >= 15 is 0 Å². The molecule has 0 amide bonds. The SMILES string of the molecule is Cc1ncsc1CCOc1c(Br)cc(Br)cc1CNCCCNc1cc(=O)c2sccc2[nH]1. The van der Waals surface area contributed by atoms with Crippen LogP contribution in [0.5, 0.6) is 5.75 Å². The fourth-order valence-electron chi connectivity index (χ4n) is 3.45. The maximum atomic E-state index is 12.1. The zero-order valence-electron chi connectivity index (χ0n) is 18.0. The number of pyridine rings is 1. The first kappa shape index (κ1) is 24.4. The summed E-state index contributed by atoms with van der Waals surface area (Å²) in [7, 11) is 0. The van der Waals surface area contributed by atoms with Gasteiger partial charge in [0.1, 0.15) is 11.6 Å². The lowest BCUT2D eigenvalue weighted by Gasteiger charge is -2.15. The van der Waals surface area contributed by atoms with Crippen LogP contribution in [0.2, 0.25) is 0 Å². The maximum Gasteiger partial charge on any atom is 0.201 e. The molecule has 0 spiro atoms. The minimum atomic E-state index is 0.0534. The molecule has 0 saturated heterocycles. The van der Waals surface area contributed by atoms with Gasteiger partial charge in [-0.05, 0) is 59.4 Å². The average Bonchev–Trinajstić information content (AvgIpc) is 3.41.